The van der Waals surface area contributed by atoms with E-state index < -0.39 is 0 Å². The van der Waals surface area contributed by atoms with Crippen molar-refractivity contribution in [2.24, 2.45) is 0 Å². The van der Waals surface area contributed by atoms with Crippen LogP contribution in [0.15, 0.2) is 6.33 Å². The van der Waals surface area contributed by atoms with Gasteiger partial charge >= 0.3 is 0 Å². The zero-order valence-corrected chi connectivity index (χ0v) is 16.2. The molecule has 4 nitrogen and oxygen atoms in total. The Kier molecular flexibility index (Phi) is 4.59. The average molecular weight is 355 g/mol. The van der Waals surface area contributed by atoms with Crippen LogP contribution in [-0.4, -0.2) is 28.5 Å². The average Bonchev–Trinajstić information content (AvgIpc) is 3.03. The van der Waals surface area contributed by atoms with Gasteiger partial charge in [-0.1, -0.05) is 20.3 Å². The lowest BCUT2D eigenvalue weighted by atomic mass is 9.88. The Balaban J connectivity index is 1.96. The highest BCUT2D eigenvalue weighted by atomic mass is 32.1. The molecule has 4 rings (SSSR count). The molecule has 25 heavy (non-hydrogen) atoms. The zero-order chi connectivity index (χ0) is 17.4. The minimum atomic E-state index is 1.02. The van der Waals surface area contributed by atoms with Crippen molar-refractivity contribution >= 4 is 37.6 Å². The van der Waals surface area contributed by atoms with Crippen LogP contribution in [0.5, 0.6) is 0 Å². The summed E-state index contributed by atoms with van der Waals surface area (Å²) in [7, 11) is 2.14. The maximum atomic E-state index is 5.04. The first-order chi connectivity index (χ1) is 12.2. The van der Waals surface area contributed by atoms with Gasteiger partial charge in [0.25, 0.3) is 0 Å². The Morgan fingerprint density at radius 3 is 2.68 bits per heavy atom. The van der Waals surface area contributed by atoms with Crippen molar-refractivity contribution in [2.45, 2.75) is 58.8 Å². The fraction of sp³-hybridized carbons (Fsp3) is 0.550. The van der Waals surface area contributed by atoms with E-state index in [0.29, 0.717) is 0 Å². The summed E-state index contributed by atoms with van der Waals surface area (Å²) < 4.78 is 1.20. The van der Waals surface area contributed by atoms with Gasteiger partial charge in [0, 0.05) is 24.7 Å². The second-order valence-electron chi connectivity index (χ2n) is 7.01. The number of hydrogen-bond donors (Lipinski definition) is 0. The summed E-state index contributed by atoms with van der Waals surface area (Å²) in [6.45, 7) is 5.48. The van der Waals surface area contributed by atoms with Gasteiger partial charge in [-0.25, -0.2) is 15.0 Å². The fourth-order valence-electron chi connectivity index (χ4n) is 3.99. The standard InChI is InChI=1S/C20H26N4S/c1-4-6-11-24(3)19-18-17(21-12-22-19)16-14-10-8-7-9-13(14)15(5-2)23-20(16)25-18/h12H,4-11H2,1-3H3. The smallest absolute Gasteiger partial charge is 0.149 e. The van der Waals surface area contributed by atoms with E-state index in [4.69, 9.17) is 4.98 Å². The first-order valence-corrected chi connectivity index (χ1v) is 10.3. The number of aromatic nitrogens is 3. The van der Waals surface area contributed by atoms with Gasteiger partial charge in [-0.3, -0.25) is 0 Å². The highest BCUT2D eigenvalue weighted by molar-refractivity contribution is 7.26. The van der Waals surface area contributed by atoms with Gasteiger partial charge in [0.05, 0.1) is 10.2 Å². The van der Waals surface area contributed by atoms with E-state index in [0.717, 1.165) is 35.6 Å². The molecule has 0 N–H and O–H groups in total. The van der Waals surface area contributed by atoms with E-state index in [1.54, 1.807) is 17.7 Å². The van der Waals surface area contributed by atoms with Gasteiger partial charge in [-0.15, -0.1) is 11.3 Å². The minimum absolute atomic E-state index is 1.02. The van der Waals surface area contributed by atoms with Crippen molar-refractivity contribution in [3.8, 4) is 0 Å². The van der Waals surface area contributed by atoms with Gasteiger partial charge in [-0.05, 0) is 49.7 Å². The number of nitrogens with zero attached hydrogens (tertiary/aromatic N) is 4. The summed E-state index contributed by atoms with van der Waals surface area (Å²) in [5, 5.41) is 1.31. The van der Waals surface area contributed by atoms with E-state index in [2.05, 4.69) is 35.8 Å². The van der Waals surface area contributed by atoms with E-state index in [9.17, 15) is 0 Å². The van der Waals surface area contributed by atoms with E-state index in [1.165, 1.54) is 59.0 Å². The molecule has 0 unspecified atom stereocenters. The molecule has 3 aromatic rings. The van der Waals surface area contributed by atoms with Crippen molar-refractivity contribution in [3.05, 3.63) is 23.1 Å². The molecule has 1 aliphatic rings. The van der Waals surface area contributed by atoms with Crippen LogP contribution < -0.4 is 4.90 Å². The van der Waals surface area contributed by atoms with Gasteiger partial charge in [0.2, 0.25) is 0 Å². The quantitative estimate of drug-likeness (QED) is 0.652. The predicted octanol–water partition coefficient (Wildman–Crippen LogP) is 4.92. The van der Waals surface area contributed by atoms with Crippen molar-refractivity contribution in [3.63, 3.8) is 0 Å². The highest BCUT2D eigenvalue weighted by Gasteiger charge is 2.23. The summed E-state index contributed by atoms with van der Waals surface area (Å²) in [5.74, 6) is 1.06. The van der Waals surface area contributed by atoms with Crippen LogP contribution in [0.3, 0.4) is 0 Å². The molecule has 0 saturated carbocycles. The highest BCUT2D eigenvalue weighted by Crippen LogP contribution is 2.41. The second-order valence-corrected chi connectivity index (χ2v) is 8.01. The summed E-state index contributed by atoms with van der Waals surface area (Å²) in [6, 6.07) is 0. The molecular weight excluding hydrogens is 328 g/mol. The van der Waals surface area contributed by atoms with Gasteiger partial charge in [0.1, 0.15) is 17.0 Å². The molecule has 0 fully saturated rings. The molecule has 0 saturated heterocycles. The summed E-state index contributed by atoms with van der Waals surface area (Å²) in [5.41, 5.74) is 5.42. The molecule has 0 bridgehead atoms. The van der Waals surface area contributed by atoms with Crippen LogP contribution in [-0.2, 0) is 19.3 Å². The molecule has 0 aliphatic heterocycles. The Labute approximate surface area is 153 Å². The molecule has 5 heteroatoms. The van der Waals surface area contributed by atoms with Crippen LogP contribution >= 0.6 is 11.3 Å². The zero-order valence-electron chi connectivity index (χ0n) is 15.4. The van der Waals surface area contributed by atoms with Crippen LogP contribution in [0.1, 0.15) is 56.4 Å². The van der Waals surface area contributed by atoms with Crippen molar-refractivity contribution in [1.29, 1.82) is 0 Å². The molecule has 1 aliphatic carbocycles. The Morgan fingerprint density at radius 2 is 1.92 bits per heavy atom. The van der Waals surface area contributed by atoms with E-state index in [-0.39, 0.29) is 0 Å². The molecule has 0 aromatic carbocycles. The largest absolute Gasteiger partial charge is 0.358 e. The maximum absolute atomic E-state index is 5.04. The second kappa shape index (κ2) is 6.87. The number of aryl methyl sites for hydroxylation is 2. The lowest BCUT2D eigenvalue weighted by Gasteiger charge is -2.19. The predicted molar refractivity (Wildman–Crippen MR) is 107 cm³/mol. The lowest BCUT2D eigenvalue weighted by molar-refractivity contribution is 0.679. The molecule has 0 atom stereocenters. The number of rotatable bonds is 5. The van der Waals surface area contributed by atoms with Gasteiger partial charge in [0.15, 0.2) is 0 Å². The SMILES string of the molecule is CCCCN(C)c1ncnc2c1sc1nc(CC)c3c(c12)CCCC3. The molecule has 3 aromatic heterocycles. The molecule has 0 spiro atoms. The molecule has 0 amide bonds. The van der Waals surface area contributed by atoms with E-state index in [1.807, 2.05) is 0 Å². The molecule has 3 heterocycles. The summed E-state index contributed by atoms with van der Waals surface area (Å²) in [4.78, 5) is 17.8. The number of pyridine rings is 1. The minimum Gasteiger partial charge on any atom is -0.358 e. The van der Waals surface area contributed by atoms with Gasteiger partial charge < -0.3 is 4.90 Å². The maximum Gasteiger partial charge on any atom is 0.149 e. The third-order valence-corrected chi connectivity index (χ3v) is 6.40. The first kappa shape index (κ1) is 16.7. The number of thiophene rings is 1. The third kappa shape index (κ3) is 2.78. The molecule has 0 radical (unpaired) electrons. The van der Waals surface area contributed by atoms with Crippen LogP contribution in [0.25, 0.3) is 20.4 Å². The number of unbranched alkanes of at least 4 members (excludes halogenated alkanes) is 1. The topological polar surface area (TPSA) is 41.9 Å². The Morgan fingerprint density at radius 1 is 1.12 bits per heavy atom. The first-order valence-electron chi connectivity index (χ1n) is 9.53. The number of anilines is 1. The number of hydrogen-bond acceptors (Lipinski definition) is 5. The Bertz CT molecular complexity index is 915. The monoisotopic (exact) mass is 354 g/mol. The van der Waals surface area contributed by atoms with Crippen molar-refractivity contribution < 1.29 is 0 Å². The van der Waals surface area contributed by atoms with E-state index >= 15 is 0 Å². The van der Waals surface area contributed by atoms with Crippen LogP contribution in [0, 0.1) is 0 Å². The van der Waals surface area contributed by atoms with Crippen LogP contribution in [0.2, 0.25) is 0 Å². The summed E-state index contributed by atoms with van der Waals surface area (Å²) in [6.07, 6.45) is 10.0. The third-order valence-electron chi connectivity index (χ3n) is 5.33. The molecule has 132 valence electrons. The lowest BCUT2D eigenvalue weighted by Crippen LogP contribution is -2.19. The molecular formula is C20H26N4S. The van der Waals surface area contributed by atoms with Crippen molar-refractivity contribution in [1.82, 2.24) is 15.0 Å². The van der Waals surface area contributed by atoms with Crippen LogP contribution in [0.4, 0.5) is 5.82 Å². The number of fused-ring (bicyclic) bond motifs is 5. The van der Waals surface area contributed by atoms with Crippen molar-refractivity contribution in [2.75, 3.05) is 18.5 Å². The Hall–Kier alpha value is -1.75. The summed E-state index contributed by atoms with van der Waals surface area (Å²) >= 11 is 1.77. The van der Waals surface area contributed by atoms with Gasteiger partial charge in [-0.2, -0.15) is 0 Å². The normalized spacial score (nSPS) is 14.2. The fourth-order valence-corrected chi connectivity index (χ4v) is 5.21.